The molecule has 5 unspecified atom stereocenters. The monoisotopic (exact) mass is 1800 g/mol. The Labute approximate surface area is 766 Å². The normalized spacial score (nSPS) is 15.7. The summed E-state index contributed by atoms with van der Waals surface area (Å²) in [5, 5.41) is 12.3. The van der Waals surface area contributed by atoms with Crippen molar-refractivity contribution in [3.05, 3.63) is 287 Å². The van der Waals surface area contributed by atoms with Gasteiger partial charge in [-0.1, -0.05) is 292 Å². The van der Waals surface area contributed by atoms with Crippen molar-refractivity contribution in [1.82, 2.24) is 64.2 Å². The molecule has 3 aliphatic carbocycles. The highest BCUT2D eigenvalue weighted by Gasteiger charge is 2.48. The number of benzene rings is 9. The molecule has 680 valence electrons. The van der Waals surface area contributed by atoms with Crippen molar-refractivity contribution in [3.63, 3.8) is 0 Å². The standard InChI is InChI=1S/C99H111N13O16S2/c1-63-27-45-77(46-28-63)97(51-15-16-52-97)94(122)103-80(61-125-108-90(119)87(105-96(124)99(55-19-20-56-99)79-49-31-65(3)32-50-79)67(5)126-109-89(118)81(62-129)104-95(123)98(53-17-18-54-98)78-47-29-64(2)30-48-78)88(117)110-127-111(85(116)59-70-37-43-76(44-38-70)73-25-13-8-14-26-73)93(121)86(100)91(130)106-112(92(120)66(4)102-83(114)58-69-35-41-75(42-36-69)72-23-11-7-12-24-72)128-107-84(115)60-101-82(113)57-68-33-39-74(40-34-68)71-21-9-6-10-22-71/h6-14,21-50,66-67,80-81,86-87,91,106,129-130H,15-20,51-62,100H2,1-5H3,(H,101,113)(H,102,114)(H,103,122)(H,104,123)(H,105,124)(H,107,115)(H,108,119)(H,109,118)(H,110,117)/t66-,67?,80?,81?,86-,87?,91?/m0/s1. The van der Waals surface area contributed by atoms with Gasteiger partial charge in [-0.3, -0.25) is 67.2 Å². The van der Waals surface area contributed by atoms with Crippen LogP contribution in [0.15, 0.2) is 237 Å². The van der Waals surface area contributed by atoms with Gasteiger partial charge in [-0.25, -0.2) is 21.9 Å². The number of nitrogens with one attached hydrogen (secondary N) is 10. The number of aryl methyl sites for hydroxylation is 3. The van der Waals surface area contributed by atoms with E-state index in [-0.39, 0.29) is 29.6 Å². The van der Waals surface area contributed by atoms with Gasteiger partial charge in [0, 0.05) is 5.75 Å². The molecule has 9 aromatic rings. The minimum Gasteiger partial charge on any atom is -0.347 e. The van der Waals surface area contributed by atoms with E-state index >= 15 is 28.8 Å². The predicted octanol–water partition coefficient (Wildman–Crippen LogP) is 9.86. The maximum absolute atomic E-state index is 15.3. The summed E-state index contributed by atoms with van der Waals surface area (Å²) in [6.45, 7) is 6.85. The van der Waals surface area contributed by atoms with Gasteiger partial charge < -0.3 is 32.3 Å². The Hall–Kier alpha value is -12.7. The van der Waals surface area contributed by atoms with Crippen LogP contribution in [-0.4, -0.2) is 142 Å². The number of thiol groups is 2. The maximum Gasteiger partial charge on any atom is 0.285 e. The molecule has 12 N–H and O–H groups in total. The Morgan fingerprint density at radius 1 is 0.408 bits per heavy atom. The van der Waals surface area contributed by atoms with Crippen LogP contribution in [0.1, 0.15) is 141 Å². The van der Waals surface area contributed by atoms with Crippen LogP contribution in [0.3, 0.4) is 0 Å². The van der Waals surface area contributed by atoms with Crippen molar-refractivity contribution >= 4 is 96.1 Å². The van der Waals surface area contributed by atoms with E-state index in [4.69, 9.17) is 25.3 Å². The molecule has 3 aliphatic rings. The van der Waals surface area contributed by atoms with Crippen molar-refractivity contribution in [2.45, 2.75) is 189 Å². The smallest absolute Gasteiger partial charge is 0.285 e. The van der Waals surface area contributed by atoms with E-state index in [1.165, 1.54) is 13.8 Å². The van der Waals surface area contributed by atoms with E-state index in [9.17, 15) is 28.8 Å². The van der Waals surface area contributed by atoms with Crippen LogP contribution in [0.5, 0.6) is 0 Å². The summed E-state index contributed by atoms with van der Waals surface area (Å²) in [5.41, 5.74) is 26.8. The number of carbonyl (C=O) groups is 12. The van der Waals surface area contributed by atoms with Crippen LogP contribution < -0.4 is 59.7 Å². The highest BCUT2D eigenvalue weighted by atomic mass is 32.1. The first-order valence-electron chi connectivity index (χ1n) is 43.6. The molecule has 12 amide bonds. The van der Waals surface area contributed by atoms with Crippen LogP contribution >= 0.6 is 25.3 Å². The number of hydroxylamine groups is 7. The zero-order valence-electron chi connectivity index (χ0n) is 73.2. The van der Waals surface area contributed by atoms with Gasteiger partial charge in [0.2, 0.25) is 29.5 Å². The molecule has 0 bridgehead atoms. The molecule has 3 fully saturated rings. The Kier molecular flexibility index (Phi) is 33.7. The van der Waals surface area contributed by atoms with Crippen molar-refractivity contribution in [2.24, 2.45) is 5.73 Å². The minimum absolute atomic E-state index is 0.118. The molecule has 0 heterocycles. The van der Waals surface area contributed by atoms with Gasteiger partial charge in [0.25, 0.3) is 41.4 Å². The summed E-state index contributed by atoms with van der Waals surface area (Å²) in [7, 11) is 0. The quantitative estimate of drug-likeness (QED) is 0.00964. The van der Waals surface area contributed by atoms with Crippen LogP contribution in [0.2, 0.25) is 0 Å². The molecule has 0 aliphatic heterocycles. The summed E-state index contributed by atoms with van der Waals surface area (Å²) in [4.78, 5) is 198. The molecule has 0 aromatic heterocycles. The first kappa shape index (κ1) is 96.4. The third kappa shape index (κ3) is 24.8. The van der Waals surface area contributed by atoms with Crippen molar-refractivity contribution in [1.29, 1.82) is 0 Å². The summed E-state index contributed by atoms with van der Waals surface area (Å²) >= 11 is 9.04. The lowest BCUT2D eigenvalue weighted by atomic mass is 9.77. The second-order valence-electron chi connectivity index (χ2n) is 33.4. The van der Waals surface area contributed by atoms with Gasteiger partial charge >= 0.3 is 0 Å². The zero-order chi connectivity index (χ0) is 92.5. The van der Waals surface area contributed by atoms with Gasteiger partial charge in [-0.2, -0.15) is 30.7 Å². The van der Waals surface area contributed by atoms with Gasteiger partial charge in [0.05, 0.1) is 47.4 Å². The maximum atomic E-state index is 15.3. The minimum atomic E-state index is -2.10. The van der Waals surface area contributed by atoms with Gasteiger partial charge in [0.15, 0.2) is 0 Å². The van der Waals surface area contributed by atoms with Crippen molar-refractivity contribution in [3.8, 4) is 33.4 Å². The number of nitrogens with two attached hydrogens (primary N) is 1. The van der Waals surface area contributed by atoms with Crippen molar-refractivity contribution in [2.75, 3.05) is 18.9 Å². The lowest BCUT2D eigenvalue weighted by Crippen LogP contribution is -2.62. The first-order chi connectivity index (χ1) is 62.6. The average Bonchev–Trinajstić information content (AvgIpc) is 1.64. The fourth-order valence-corrected chi connectivity index (χ4v) is 17.0. The van der Waals surface area contributed by atoms with E-state index < -0.39 is 142 Å². The molecule has 12 rings (SSSR count). The molecule has 31 heteroatoms. The Morgan fingerprint density at radius 3 is 1.22 bits per heavy atom. The Bertz CT molecular complexity index is 5420. The SMILES string of the molecule is Cc1ccc(C2(C(=O)NC(CS)C(=O)NOC(C)C(NC(=O)C3(c4ccc(C)cc4)CCCC3)C(=O)NOCC(NC(=O)C3(c4ccc(C)cc4)CCCC3)C(=O)NON(C(=O)Cc3ccc(-c4ccccc4)cc3)C(=O)[C@@H](N)C(S)NN(ONC(=O)CNC(=O)Cc3ccc(-c4ccccc4)cc3)C(=O)[C@H](C)NC(=O)Cc3ccc(-c4ccccc4)cc3)CCCC2)cc1. The third-order valence-electron chi connectivity index (χ3n) is 24.2. The highest BCUT2D eigenvalue weighted by molar-refractivity contribution is 7.81. The molecule has 0 saturated heterocycles. The number of rotatable bonds is 40. The number of hydrogen-bond acceptors (Lipinski definition) is 20. The fourth-order valence-electron chi connectivity index (χ4n) is 16.5. The van der Waals surface area contributed by atoms with E-state index in [1.807, 2.05) is 209 Å². The summed E-state index contributed by atoms with van der Waals surface area (Å²) in [6.07, 6.45) is 4.39. The number of hydrazine groups is 1. The number of nitrogens with zero attached hydrogens (tertiary/aromatic N) is 2. The lowest BCUT2D eigenvalue weighted by molar-refractivity contribution is -0.238. The summed E-state index contributed by atoms with van der Waals surface area (Å²) in [5.74, 6) is -10.8. The van der Waals surface area contributed by atoms with E-state index in [0.29, 0.717) is 97.2 Å². The largest absolute Gasteiger partial charge is 0.347 e. The van der Waals surface area contributed by atoms with Gasteiger partial charge in [-0.15, -0.1) is 20.1 Å². The molecule has 9 aromatic carbocycles. The van der Waals surface area contributed by atoms with E-state index in [2.05, 4.69) is 79.2 Å². The van der Waals surface area contributed by atoms with Crippen LogP contribution in [-0.2, 0) is 113 Å². The highest BCUT2D eigenvalue weighted by Crippen LogP contribution is 2.45. The number of amides is 12. The van der Waals surface area contributed by atoms with Crippen molar-refractivity contribution < 1.29 is 77.1 Å². The molecule has 7 atom stereocenters. The second-order valence-corrected chi connectivity index (χ2v) is 34.4. The molecule has 0 radical (unpaired) electrons. The van der Waals surface area contributed by atoms with Crippen LogP contribution in [0.25, 0.3) is 33.4 Å². The Morgan fingerprint density at radius 2 is 0.792 bits per heavy atom. The number of imide groups is 1. The molecule has 3 saturated carbocycles. The number of carbonyl (C=O) groups excluding carboxylic acids is 12. The average molecular weight is 1800 g/mol. The third-order valence-corrected chi connectivity index (χ3v) is 25.0. The van der Waals surface area contributed by atoms with Crippen LogP contribution in [0.4, 0.5) is 0 Å². The van der Waals surface area contributed by atoms with Gasteiger partial charge in [0.1, 0.15) is 42.9 Å². The number of hydrogen-bond donors (Lipinski definition) is 13. The molecule has 29 nitrogen and oxygen atoms in total. The predicted molar refractivity (Wildman–Crippen MR) is 495 cm³/mol. The summed E-state index contributed by atoms with van der Waals surface area (Å²) < 4.78 is 0. The second kappa shape index (κ2) is 45.5. The van der Waals surface area contributed by atoms with E-state index in [1.54, 1.807) is 48.5 Å². The molecular formula is C99H111N13O16S2. The molecule has 130 heavy (non-hydrogen) atoms. The lowest BCUT2D eigenvalue weighted by Gasteiger charge is -2.33. The van der Waals surface area contributed by atoms with Gasteiger partial charge in [-0.05, 0) is 140 Å². The topological polar surface area (TPSA) is 395 Å². The zero-order valence-corrected chi connectivity index (χ0v) is 75.0. The first-order valence-corrected chi connectivity index (χ1v) is 44.7. The molecule has 0 spiro atoms. The Balaban J connectivity index is 0.789. The summed E-state index contributed by atoms with van der Waals surface area (Å²) in [6, 6.07) is 63.8. The fraction of sp³-hybridized carbons (Fsp3) is 0.333. The van der Waals surface area contributed by atoms with Crippen LogP contribution in [0, 0.1) is 20.8 Å². The van der Waals surface area contributed by atoms with E-state index in [0.717, 1.165) is 68.5 Å². The molecular weight excluding hydrogens is 1690 g/mol.